The van der Waals surface area contributed by atoms with E-state index in [1.165, 1.54) is 7.05 Å². The van der Waals surface area contributed by atoms with Crippen molar-refractivity contribution < 1.29 is 14.8 Å². The van der Waals surface area contributed by atoms with Crippen LogP contribution in [0.25, 0.3) is 0 Å². The van der Waals surface area contributed by atoms with E-state index in [4.69, 9.17) is 0 Å². The predicted molar refractivity (Wildman–Crippen MR) is 34.2 cm³/mol. The Morgan fingerprint density at radius 1 is 1.75 bits per heavy atom. The molecule has 0 fully saturated rings. The smallest absolute Gasteiger partial charge is 0.316 e. The largest absolute Gasteiger partial charge is 0.543 e. The van der Waals surface area contributed by atoms with Gasteiger partial charge >= 0.3 is 5.69 Å². The fourth-order valence-electron chi connectivity index (χ4n) is 0.755. The van der Waals surface area contributed by atoms with E-state index in [0.717, 1.165) is 10.9 Å². The maximum atomic E-state index is 10.2. The molecule has 1 heterocycles. The molecule has 0 aliphatic carbocycles. The molecule has 0 aliphatic rings. The zero-order valence-electron chi connectivity index (χ0n) is 6.05. The number of hydrogen-bond acceptors (Lipinski definition) is 5. The van der Waals surface area contributed by atoms with Gasteiger partial charge in [0, 0.05) is 7.05 Å². The van der Waals surface area contributed by atoms with Crippen LogP contribution in [0, 0.1) is 10.1 Å². The van der Waals surface area contributed by atoms with Crippen LogP contribution in [-0.2, 0) is 7.05 Å². The highest BCUT2D eigenvalue weighted by Crippen LogP contribution is 2.14. The summed E-state index contributed by atoms with van der Waals surface area (Å²) in [7, 11) is 1.39. The molecular formula is C5H4N3O4-. The van der Waals surface area contributed by atoms with Crippen molar-refractivity contribution in [3.05, 3.63) is 22.0 Å². The van der Waals surface area contributed by atoms with Crippen molar-refractivity contribution in [3.63, 3.8) is 0 Å². The van der Waals surface area contributed by atoms with Crippen molar-refractivity contribution >= 4 is 11.7 Å². The molecule has 64 valence electrons. The molecular weight excluding hydrogens is 166 g/mol. The van der Waals surface area contributed by atoms with E-state index < -0.39 is 22.3 Å². The summed E-state index contributed by atoms with van der Waals surface area (Å²) in [6, 6.07) is 0. The van der Waals surface area contributed by atoms with Gasteiger partial charge < -0.3 is 9.90 Å². The molecule has 0 atom stereocenters. The first-order valence-electron chi connectivity index (χ1n) is 2.91. The molecule has 1 aromatic heterocycles. The van der Waals surface area contributed by atoms with Crippen LogP contribution in [-0.4, -0.2) is 20.7 Å². The molecule has 1 aromatic rings. The molecule has 0 unspecified atom stereocenters. The van der Waals surface area contributed by atoms with Gasteiger partial charge in [-0.25, -0.2) is 0 Å². The Hall–Kier alpha value is -1.92. The van der Waals surface area contributed by atoms with Gasteiger partial charge in [0.2, 0.25) is 0 Å². The summed E-state index contributed by atoms with van der Waals surface area (Å²) < 4.78 is 1.04. The van der Waals surface area contributed by atoms with E-state index in [-0.39, 0.29) is 0 Å². The fourth-order valence-corrected chi connectivity index (χ4v) is 0.755. The van der Waals surface area contributed by atoms with Gasteiger partial charge in [-0.05, 0) is 0 Å². The molecule has 0 saturated heterocycles. The molecule has 0 saturated carbocycles. The van der Waals surface area contributed by atoms with Gasteiger partial charge in [-0.2, -0.15) is 5.10 Å². The monoisotopic (exact) mass is 170 g/mol. The lowest BCUT2D eigenvalue weighted by Crippen LogP contribution is -2.23. The predicted octanol–water partition coefficient (Wildman–Crippen LogP) is -1.31. The van der Waals surface area contributed by atoms with Gasteiger partial charge in [-0.3, -0.25) is 14.8 Å². The Bertz CT molecular complexity index is 311. The highest BCUT2D eigenvalue weighted by molar-refractivity contribution is 5.88. The first-order chi connectivity index (χ1) is 5.52. The second-order valence-corrected chi connectivity index (χ2v) is 2.08. The second kappa shape index (κ2) is 2.61. The summed E-state index contributed by atoms with van der Waals surface area (Å²) in [5.41, 5.74) is -1.21. The number of rotatable bonds is 2. The van der Waals surface area contributed by atoms with Crippen molar-refractivity contribution in [2.75, 3.05) is 0 Å². The minimum absolute atomic E-state index is 0.558. The van der Waals surface area contributed by atoms with E-state index in [1.54, 1.807) is 0 Å². The van der Waals surface area contributed by atoms with Crippen molar-refractivity contribution in [1.82, 2.24) is 9.78 Å². The number of aromatic nitrogens is 2. The third-order valence-corrected chi connectivity index (χ3v) is 1.20. The number of nitro groups is 1. The van der Waals surface area contributed by atoms with Crippen LogP contribution in [0.3, 0.4) is 0 Å². The molecule has 0 radical (unpaired) electrons. The minimum Gasteiger partial charge on any atom is -0.543 e. The maximum absolute atomic E-state index is 10.2. The summed E-state index contributed by atoms with van der Waals surface area (Å²) in [6.07, 6.45) is 1.01. The van der Waals surface area contributed by atoms with Crippen LogP contribution in [0.15, 0.2) is 6.20 Å². The summed E-state index contributed by atoms with van der Waals surface area (Å²) in [5.74, 6) is -1.65. The van der Waals surface area contributed by atoms with E-state index in [1.807, 2.05) is 0 Å². The number of carboxylic acid groups (broad SMARTS) is 1. The summed E-state index contributed by atoms with van der Waals surface area (Å²) in [4.78, 5) is 19.6. The number of carbonyl (C=O) groups excluding carboxylic acids is 1. The Morgan fingerprint density at radius 2 is 2.33 bits per heavy atom. The molecule has 0 spiro atoms. The highest BCUT2D eigenvalue weighted by Gasteiger charge is 2.18. The molecule has 0 aromatic carbocycles. The standard InChI is InChI=1S/C5H5N3O4/c1-7-2-3(8(11)12)4(6-7)5(9)10/h2H,1H3,(H,9,10)/p-1. The van der Waals surface area contributed by atoms with Gasteiger partial charge in [-0.15, -0.1) is 0 Å². The number of nitrogens with zero attached hydrogens (tertiary/aromatic N) is 3. The third kappa shape index (κ3) is 1.24. The van der Waals surface area contributed by atoms with E-state index >= 15 is 0 Å². The average Bonchev–Trinajstić information content (AvgIpc) is 2.31. The van der Waals surface area contributed by atoms with Crippen molar-refractivity contribution in [3.8, 4) is 0 Å². The van der Waals surface area contributed by atoms with Gasteiger partial charge in [0.1, 0.15) is 6.20 Å². The van der Waals surface area contributed by atoms with Crippen LogP contribution in [0.1, 0.15) is 10.5 Å². The molecule has 12 heavy (non-hydrogen) atoms. The van der Waals surface area contributed by atoms with Crippen molar-refractivity contribution in [2.45, 2.75) is 0 Å². The van der Waals surface area contributed by atoms with E-state index in [0.29, 0.717) is 0 Å². The van der Waals surface area contributed by atoms with E-state index in [9.17, 15) is 20.0 Å². The summed E-state index contributed by atoms with van der Waals surface area (Å²) in [6.45, 7) is 0. The Balaban J connectivity index is 3.26. The molecule has 7 nitrogen and oxygen atoms in total. The van der Waals surface area contributed by atoms with Crippen LogP contribution >= 0.6 is 0 Å². The zero-order chi connectivity index (χ0) is 9.30. The lowest BCUT2D eigenvalue weighted by molar-refractivity contribution is -0.385. The van der Waals surface area contributed by atoms with Crippen LogP contribution in [0.4, 0.5) is 5.69 Å². The number of hydrogen-bond donors (Lipinski definition) is 0. The SMILES string of the molecule is Cn1cc([N+](=O)[O-])c(C(=O)[O-])n1. The quantitative estimate of drug-likeness (QED) is 0.405. The first kappa shape index (κ1) is 8.18. The van der Waals surface area contributed by atoms with Gasteiger partial charge in [0.15, 0.2) is 5.69 Å². The van der Waals surface area contributed by atoms with Crippen molar-refractivity contribution in [1.29, 1.82) is 0 Å². The first-order valence-corrected chi connectivity index (χ1v) is 2.91. The maximum Gasteiger partial charge on any atom is 0.316 e. The normalized spacial score (nSPS) is 9.75. The fraction of sp³-hybridized carbons (Fsp3) is 0.200. The Kier molecular flexibility index (Phi) is 1.78. The van der Waals surface area contributed by atoms with E-state index in [2.05, 4.69) is 5.10 Å². The minimum atomic E-state index is -1.65. The number of aromatic carboxylic acids is 1. The van der Waals surface area contributed by atoms with Crippen LogP contribution in [0.5, 0.6) is 0 Å². The molecule has 7 heteroatoms. The molecule has 1 rings (SSSR count). The number of carboxylic acids is 1. The van der Waals surface area contributed by atoms with Gasteiger partial charge in [0.25, 0.3) is 0 Å². The topological polar surface area (TPSA) is 101 Å². The second-order valence-electron chi connectivity index (χ2n) is 2.08. The number of aryl methyl sites for hydroxylation is 1. The van der Waals surface area contributed by atoms with Gasteiger partial charge in [0.05, 0.1) is 10.9 Å². The van der Waals surface area contributed by atoms with Crippen molar-refractivity contribution in [2.24, 2.45) is 7.05 Å². The Labute approximate surface area is 66.4 Å². The summed E-state index contributed by atoms with van der Waals surface area (Å²) >= 11 is 0. The molecule has 0 aliphatic heterocycles. The molecule has 0 amide bonds. The van der Waals surface area contributed by atoms with Crippen LogP contribution < -0.4 is 5.11 Å². The molecule has 0 N–H and O–H groups in total. The van der Waals surface area contributed by atoms with Crippen LogP contribution in [0.2, 0.25) is 0 Å². The average molecular weight is 170 g/mol. The lowest BCUT2D eigenvalue weighted by Gasteiger charge is -1.93. The highest BCUT2D eigenvalue weighted by atomic mass is 16.6. The molecule has 0 bridgehead atoms. The third-order valence-electron chi connectivity index (χ3n) is 1.20. The van der Waals surface area contributed by atoms with Gasteiger partial charge in [-0.1, -0.05) is 0 Å². The zero-order valence-corrected chi connectivity index (χ0v) is 6.05. The Morgan fingerprint density at radius 3 is 2.67 bits per heavy atom. The summed E-state index contributed by atoms with van der Waals surface area (Å²) in [5, 5.41) is 23.8. The number of carbonyl (C=O) groups is 1. The lowest BCUT2D eigenvalue weighted by atomic mass is 10.4.